The molecular formula is C29H31N3O3. The molecule has 1 fully saturated rings. The van der Waals surface area contributed by atoms with Crippen LogP contribution in [0.15, 0.2) is 66.9 Å². The van der Waals surface area contributed by atoms with Crippen LogP contribution in [-0.4, -0.2) is 50.5 Å². The first kappa shape index (κ1) is 23.1. The van der Waals surface area contributed by atoms with Crippen LogP contribution < -0.4 is 14.4 Å². The molecule has 6 heteroatoms. The summed E-state index contributed by atoms with van der Waals surface area (Å²) in [5.74, 6) is 2.62. The number of aromatic nitrogens is 2. The van der Waals surface area contributed by atoms with Gasteiger partial charge in [0.05, 0.1) is 33.1 Å². The van der Waals surface area contributed by atoms with Crippen molar-refractivity contribution in [2.24, 2.45) is 0 Å². The zero-order valence-corrected chi connectivity index (χ0v) is 20.4. The molecule has 1 aliphatic rings. The molecular weight excluding hydrogens is 438 g/mol. The summed E-state index contributed by atoms with van der Waals surface area (Å²) in [5.41, 5.74) is 4.54. The maximum absolute atomic E-state index is 5.60. The molecule has 1 aromatic heterocycles. The molecule has 4 aromatic rings. The molecule has 0 atom stereocenters. The number of rotatable bonds is 8. The van der Waals surface area contributed by atoms with E-state index in [1.54, 1.807) is 14.2 Å². The molecule has 180 valence electrons. The van der Waals surface area contributed by atoms with Crippen LogP contribution in [0.4, 0.5) is 5.69 Å². The van der Waals surface area contributed by atoms with Crippen LogP contribution in [0, 0.1) is 0 Å². The van der Waals surface area contributed by atoms with Crippen LogP contribution in [0.25, 0.3) is 22.0 Å². The predicted molar refractivity (Wildman–Crippen MR) is 140 cm³/mol. The van der Waals surface area contributed by atoms with Gasteiger partial charge < -0.3 is 19.1 Å². The normalized spacial score (nSPS) is 13.7. The molecule has 0 N–H and O–H groups in total. The van der Waals surface area contributed by atoms with Crippen molar-refractivity contribution in [1.82, 2.24) is 9.97 Å². The lowest BCUT2D eigenvalue weighted by Gasteiger charge is -2.30. The van der Waals surface area contributed by atoms with Gasteiger partial charge in [-0.1, -0.05) is 18.2 Å². The van der Waals surface area contributed by atoms with Crippen molar-refractivity contribution < 1.29 is 14.2 Å². The fourth-order valence-electron chi connectivity index (χ4n) is 4.58. The summed E-state index contributed by atoms with van der Waals surface area (Å²) in [6, 6.07) is 21.0. The molecule has 0 unspecified atom stereocenters. The van der Waals surface area contributed by atoms with E-state index in [4.69, 9.17) is 19.2 Å². The summed E-state index contributed by atoms with van der Waals surface area (Å²) in [4.78, 5) is 11.9. The first-order chi connectivity index (χ1) is 17.2. The molecule has 0 radical (unpaired) electrons. The summed E-state index contributed by atoms with van der Waals surface area (Å²) in [7, 11) is 3.40. The van der Waals surface area contributed by atoms with Crippen molar-refractivity contribution in [3.05, 3.63) is 78.2 Å². The standard InChI is InChI=1S/C29H31N3O3/c1-33-24-9-6-21(7-10-24)4-3-5-29-30-13-12-27(31-29)23-18-22-8-11-25(34-2)20-26(22)28(19-23)32-14-16-35-17-15-32/h6-13,18-20H,3-5,14-17H2,1-2H3. The van der Waals surface area contributed by atoms with Crippen LogP contribution in [0.3, 0.4) is 0 Å². The number of nitrogens with zero attached hydrogens (tertiary/aromatic N) is 3. The first-order valence-electron chi connectivity index (χ1n) is 12.1. The van der Waals surface area contributed by atoms with Crippen LogP contribution in [0.5, 0.6) is 11.5 Å². The Morgan fingerprint density at radius 1 is 0.857 bits per heavy atom. The van der Waals surface area contributed by atoms with Crippen molar-refractivity contribution in [3.63, 3.8) is 0 Å². The minimum atomic E-state index is 0.738. The highest BCUT2D eigenvalue weighted by atomic mass is 16.5. The van der Waals surface area contributed by atoms with Gasteiger partial charge in [-0.25, -0.2) is 9.97 Å². The molecule has 0 bridgehead atoms. The number of hydrogen-bond acceptors (Lipinski definition) is 6. The highest BCUT2D eigenvalue weighted by Crippen LogP contribution is 2.35. The van der Waals surface area contributed by atoms with E-state index in [2.05, 4.69) is 46.3 Å². The fourth-order valence-corrected chi connectivity index (χ4v) is 4.58. The maximum atomic E-state index is 5.60. The van der Waals surface area contributed by atoms with Gasteiger partial charge in [-0.2, -0.15) is 0 Å². The second-order valence-electron chi connectivity index (χ2n) is 8.74. The van der Waals surface area contributed by atoms with Gasteiger partial charge in [-0.05, 0) is 66.3 Å². The first-order valence-corrected chi connectivity index (χ1v) is 12.1. The summed E-state index contributed by atoms with van der Waals surface area (Å²) in [5, 5.41) is 2.35. The zero-order valence-electron chi connectivity index (χ0n) is 20.4. The number of aryl methyl sites for hydroxylation is 2. The van der Waals surface area contributed by atoms with E-state index in [-0.39, 0.29) is 0 Å². The third kappa shape index (κ3) is 5.38. The third-order valence-corrected chi connectivity index (χ3v) is 6.52. The Kier molecular flexibility index (Phi) is 7.09. The lowest BCUT2D eigenvalue weighted by Crippen LogP contribution is -2.36. The largest absolute Gasteiger partial charge is 0.497 e. The van der Waals surface area contributed by atoms with Crippen molar-refractivity contribution in [2.75, 3.05) is 45.4 Å². The molecule has 2 heterocycles. The lowest BCUT2D eigenvalue weighted by atomic mass is 10.0. The van der Waals surface area contributed by atoms with Gasteiger partial charge in [-0.3, -0.25) is 0 Å². The van der Waals surface area contributed by atoms with E-state index in [0.29, 0.717) is 0 Å². The summed E-state index contributed by atoms with van der Waals surface area (Å²) in [6.45, 7) is 3.22. The second kappa shape index (κ2) is 10.7. The number of hydrogen-bond donors (Lipinski definition) is 0. The van der Waals surface area contributed by atoms with Gasteiger partial charge in [0.1, 0.15) is 17.3 Å². The van der Waals surface area contributed by atoms with Gasteiger partial charge in [0.2, 0.25) is 0 Å². The lowest BCUT2D eigenvalue weighted by molar-refractivity contribution is 0.123. The molecule has 0 spiro atoms. The number of morpholine rings is 1. The zero-order chi connectivity index (χ0) is 24.0. The molecule has 0 amide bonds. The van der Waals surface area contributed by atoms with Crippen LogP contribution in [0.2, 0.25) is 0 Å². The van der Waals surface area contributed by atoms with Gasteiger partial charge >= 0.3 is 0 Å². The Balaban J connectivity index is 1.39. The predicted octanol–water partition coefficient (Wildman–Crippen LogP) is 5.33. The fraction of sp³-hybridized carbons (Fsp3) is 0.310. The number of benzene rings is 3. The van der Waals surface area contributed by atoms with E-state index in [1.165, 1.54) is 22.0 Å². The van der Waals surface area contributed by atoms with Crippen molar-refractivity contribution in [2.45, 2.75) is 19.3 Å². The highest BCUT2D eigenvalue weighted by Gasteiger charge is 2.17. The van der Waals surface area contributed by atoms with Crippen LogP contribution >= 0.6 is 0 Å². The molecule has 1 aliphatic heterocycles. The Morgan fingerprint density at radius 2 is 1.63 bits per heavy atom. The summed E-state index contributed by atoms with van der Waals surface area (Å²) in [6.07, 6.45) is 4.68. The molecule has 0 saturated carbocycles. The van der Waals surface area contributed by atoms with E-state index in [0.717, 1.165) is 74.1 Å². The smallest absolute Gasteiger partial charge is 0.128 e. The van der Waals surface area contributed by atoms with Crippen molar-refractivity contribution in [1.29, 1.82) is 0 Å². The molecule has 0 aliphatic carbocycles. The third-order valence-electron chi connectivity index (χ3n) is 6.52. The number of fused-ring (bicyclic) bond motifs is 1. The molecule has 6 nitrogen and oxygen atoms in total. The summed E-state index contributed by atoms with van der Waals surface area (Å²) < 4.78 is 16.4. The van der Waals surface area contributed by atoms with Crippen LogP contribution in [-0.2, 0) is 17.6 Å². The topological polar surface area (TPSA) is 56.7 Å². The minimum Gasteiger partial charge on any atom is -0.497 e. The average molecular weight is 470 g/mol. The minimum absolute atomic E-state index is 0.738. The quantitative estimate of drug-likeness (QED) is 0.348. The Labute approximate surface area is 206 Å². The van der Waals surface area contributed by atoms with E-state index in [1.807, 2.05) is 30.5 Å². The molecule has 35 heavy (non-hydrogen) atoms. The Hall–Kier alpha value is -3.64. The SMILES string of the molecule is COc1ccc(CCCc2nccc(-c3cc(N4CCOCC4)c4cc(OC)ccc4c3)n2)cc1. The second-order valence-corrected chi connectivity index (χ2v) is 8.74. The summed E-state index contributed by atoms with van der Waals surface area (Å²) >= 11 is 0. The molecule has 1 saturated heterocycles. The average Bonchev–Trinajstić information content (AvgIpc) is 2.93. The van der Waals surface area contributed by atoms with Gasteiger partial charge in [0.15, 0.2) is 0 Å². The number of ether oxygens (including phenoxy) is 3. The van der Waals surface area contributed by atoms with Crippen LogP contribution in [0.1, 0.15) is 17.8 Å². The Bertz CT molecular complexity index is 1280. The van der Waals surface area contributed by atoms with Gasteiger partial charge in [0, 0.05) is 42.3 Å². The highest BCUT2D eigenvalue weighted by molar-refractivity contribution is 5.98. The van der Waals surface area contributed by atoms with E-state index in [9.17, 15) is 0 Å². The van der Waals surface area contributed by atoms with Gasteiger partial charge in [0.25, 0.3) is 0 Å². The number of methoxy groups -OCH3 is 2. The maximum Gasteiger partial charge on any atom is 0.128 e. The monoisotopic (exact) mass is 469 g/mol. The van der Waals surface area contributed by atoms with Gasteiger partial charge in [-0.15, -0.1) is 0 Å². The van der Waals surface area contributed by atoms with Crippen molar-refractivity contribution in [3.8, 4) is 22.8 Å². The van der Waals surface area contributed by atoms with E-state index >= 15 is 0 Å². The Morgan fingerprint density at radius 3 is 2.40 bits per heavy atom. The van der Waals surface area contributed by atoms with Crippen molar-refractivity contribution >= 4 is 16.5 Å². The van der Waals surface area contributed by atoms with E-state index < -0.39 is 0 Å². The molecule has 3 aromatic carbocycles. The number of anilines is 1. The molecule has 5 rings (SSSR count).